The first-order chi connectivity index (χ1) is 16.0. The number of carbonyl (C=O) groups is 2. The molecule has 0 aliphatic rings. The number of aromatic nitrogens is 1. The number of methoxy groups -OCH3 is 1. The molecule has 0 aliphatic heterocycles. The fourth-order valence-corrected chi connectivity index (χ4v) is 3.81. The van der Waals surface area contributed by atoms with Crippen LogP contribution in [0.2, 0.25) is 0 Å². The zero-order valence-electron chi connectivity index (χ0n) is 20.1. The summed E-state index contributed by atoms with van der Waals surface area (Å²) < 4.78 is 8.35. The highest BCUT2D eigenvalue weighted by Crippen LogP contribution is 2.15. The molecule has 1 aromatic heterocycles. The van der Waals surface area contributed by atoms with Gasteiger partial charge in [0.1, 0.15) is 6.54 Å². The summed E-state index contributed by atoms with van der Waals surface area (Å²) in [4.78, 5) is 29.3. The van der Waals surface area contributed by atoms with Crippen molar-refractivity contribution >= 4 is 27.9 Å². The molecule has 1 heterocycles. The second kappa shape index (κ2) is 14.8. The van der Waals surface area contributed by atoms with Crippen molar-refractivity contribution in [2.75, 3.05) is 39.9 Å². The van der Waals surface area contributed by atoms with Crippen LogP contribution in [0.1, 0.15) is 44.4 Å². The van der Waals surface area contributed by atoms with E-state index in [1.54, 1.807) is 12.0 Å². The smallest absolute Gasteiger partial charge is 0.317 e. The Morgan fingerprint density at radius 1 is 1.06 bits per heavy atom. The zero-order chi connectivity index (χ0) is 24.1. The third-order valence-corrected chi connectivity index (χ3v) is 5.92. The average Bonchev–Trinajstić information content (AvgIpc) is 3.24. The molecule has 1 aromatic carbocycles. The van der Waals surface area contributed by atoms with E-state index in [9.17, 15) is 9.59 Å². The lowest BCUT2D eigenvalue weighted by Crippen LogP contribution is -2.47. The first kappa shape index (κ1) is 26.9. The van der Waals surface area contributed by atoms with Crippen molar-refractivity contribution in [2.45, 2.75) is 46.2 Å². The largest absolute Gasteiger partial charge is 0.385 e. The van der Waals surface area contributed by atoms with E-state index >= 15 is 0 Å². The predicted octanol–water partition coefficient (Wildman–Crippen LogP) is 4.50. The number of amides is 3. The van der Waals surface area contributed by atoms with E-state index in [4.69, 9.17) is 4.74 Å². The van der Waals surface area contributed by atoms with Gasteiger partial charge in [-0.3, -0.25) is 4.79 Å². The van der Waals surface area contributed by atoms with Gasteiger partial charge < -0.3 is 24.4 Å². The normalized spacial score (nSPS) is 10.8. The molecule has 182 valence electrons. The fraction of sp³-hybridized carbons (Fsp3) is 0.520. The lowest BCUT2D eigenvalue weighted by Gasteiger charge is -2.28. The van der Waals surface area contributed by atoms with Crippen LogP contribution >= 0.6 is 15.9 Å². The van der Waals surface area contributed by atoms with Crippen molar-refractivity contribution in [3.8, 4) is 0 Å². The van der Waals surface area contributed by atoms with Crippen LogP contribution in [0.4, 0.5) is 4.79 Å². The van der Waals surface area contributed by atoms with Gasteiger partial charge >= 0.3 is 6.03 Å². The van der Waals surface area contributed by atoms with E-state index in [0.717, 1.165) is 29.6 Å². The predicted molar refractivity (Wildman–Crippen MR) is 135 cm³/mol. The quantitative estimate of drug-likeness (QED) is 0.373. The number of nitrogens with one attached hydrogen (secondary N) is 1. The van der Waals surface area contributed by atoms with Crippen LogP contribution < -0.4 is 5.32 Å². The summed E-state index contributed by atoms with van der Waals surface area (Å²) >= 11 is 3.48. The molecular formula is C25H37BrN4O3. The highest BCUT2D eigenvalue weighted by atomic mass is 79.9. The van der Waals surface area contributed by atoms with Crippen molar-refractivity contribution in [1.29, 1.82) is 0 Å². The molecule has 0 aliphatic carbocycles. The standard InChI is InChI=1S/C25H37BrN4O3/c1-4-6-14-29(24(31)20-30(16-8-17-33-3)25(32)27-5-2)19-23-9-7-15-28(23)18-21-10-12-22(26)13-11-21/h7,9-13,15H,4-6,8,14,16-20H2,1-3H3,(H,27,32). The Bertz CT molecular complexity index is 854. The fourth-order valence-electron chi connectivity index (χ4n) is 3.55. The van der Waals surface area contributed by atoms with Gasteiger partial charge in [0.05, 0.1) is 6.54 Å². The van der Waals surface area contributed by atoms with Gasteiger partial charge in [-0.25, -0.2) is 4.79 Å². The summed E-state index contributed by atoms with van der Waals surface area (Å²) in [5, 5.41) is 2.81. The third kappa shape index (κ3) is 9.21. The zero-order valence-corrected chi connectivity index (χ0v) is 21.6. The summed E-state index contributed by atoms with van der Waals surface area (Å²) in [6, 6.07) is 12.1. The monoisotopic (exact) mass is 520 g/mol. The number of ether oxygens (including phenoxy) is 1. The minimum Gasteiger partial charge on any atom is -0.385 e. The number of benzene rings is 1. The molecule has 33 heavy (non-hydrogen) atoms. The number of hydrogen-bond acceptors (Lipinski definition) is 3. The van der Waals surface area contributed by atoms with E-state index < -0.39 is 0 Å². The highest BCUT2D eigenvalue weighted by molar-refractivity contribution is 9.10. The van der Waals surface area contributed by atoms with Crippen molar-refractivity contribution in [3.05, 3.63) is 58.3 Å². The van der Waals surface area contributed by atoms with Crippen LogP contribution in [0.15, 0.2) is 47.1 Å². The van der Waals surface area contributed by atoms with Gasteiger partial charge in [-0.05, 0) is 49.6 Å². The molecule has 1 N–H and O–H groups in total. The SMILES string of the molecule is CCCCN(Cc1cccn1Cc1ccc(Br)cc1)C(=O)CN(CCCOC)C(=O)NCC. The molecule has 0 unspecified atom stereocenters. The van der Waals surface area contributed by atoms with Gasteiger partial charge in [0.25, 0.3) is 0 Å². The van der Waals surface area contributed by atoms with Gasteiger partial charge in [-0.2, -0.15) is 0 Å². The number of nitrogens with zero attached hydrogens (tertiary/aromatic N) is 3. The molecule has 2 rings (SSSR count). The molecule has 0 radical (unpaired) electrons. The Kier molecular flexibility index (Phi) is 12.0. The van der Waals surface area contributed by atoms with Gasteiger partial charge in [0, 0.05) is 56.3 Å². The van der Waals surface area contributed by atoms with Gasteiger partial charge in [0.15, 0.2) is 0 Å². The molecule has 0 saturated carbocycles. The van der Waals surface area contributed by atoms with E-state index in [-0.39, 0.29) is 18.5 Å². The summed E-state index contributed by atoms with van der Waals surface area (Å²) in [5.74, 6) is -0.0384. The van der Waals surface area contributed by atoms with Crippen LogP contribution in [-0.2, 0) is 22.6 Å². The van der Waals surface area contributed by atoms with Crippen LogP contribution in [0.3, 0.4) is 0 Å². The molecule has 7 nitrogen and oxygen atoms in total. The number of urea groups is 1. The number of halogens is 1. The maximum Gasteiger partial charge on any atom is 0.317 e. The van der Waals surface area contributed by atoms with Gasteiger partial charge in [0.2, 0.25) is 5.91 Å². The van der Waals surface area contributed by atoms with E-state index in [1.807, 2.05) is 36.2 Å². The molecular weight excluding hydrogens is 484 g/mol. The lowest BCUT2D eigenvalue weighted by molar-refractivity contribution is -0.132. The van der Waals surface area contributed by atoms with Gasteiger partial charge in [-0.1, -0.05) is 41.4 Å². The topological polar surface area (TPSA) is 66.8 Å². The first-order valence-electron chi connectivity index (χ1n) is 11.7. The van der Waals surface area contributed by atoms with Crippen LogP contribution in [0.5, 0.6) is 0 Å². The Morgan fingerprint density at radius 2 is 1.79 bits per heavy atom. The minimum atomic E-state index is -0.212. The second-order valence-corrected chi connectivity index (χ2v) is 8.94. The third-order valence-electron chi connectivity index (χ3n) is 5.39. The summed E-state index contributed by atoms with van der Waals surface area (Å²) in [6.45, 7) is 7.53. The maximum absolute atomic E-state index is 13.3. The van der Waals surface area contributed by atoms with Crippen molar-refractivity contribution in [2.24, 2.45) is 0 Å². The van der Waals surface area contributed by atoms with E-state index in [1.165, 1.54) is 5.56 Å². The number of hydrogen-bond donors (Lipinski definition) is 1. The van der Waals surface area contributed by atoms with Crippen LogP contribution in [-0.4, -0.2) is 66.2 Å². The van der Waals surface area contributed by atoms with Crippen LogP contribution in [0.25, 0.3) is 0 Å². The highest BCUT2D eigenvalue weighted by Gasteiger charge is 2.21. The molecule has 0 spiro atoms. The lowest BCUT2D eigenvalue weighted by atomic mass is 10.2. The average molecular weight is 522 g/mol. The Balaban J connectivity index is 2.11. The molecule has 8 heteroatoms. The van der Waals surface area contributed by atoms with Crippen molar-refractivity contribution in [1.82, 2.24) is 19.7 Å². The summed E-state index contributed by atoms with van der Waals surface area (Å²) in [7, 11) is 1.64. The molecule has 0 fully saturated rings. The van der Waals surface area contributed by atoms with Crippen molar-refractivity contribution < 1.29 is 14.3 Å². The molecule has 0 saturated heterocycles. The second-order valence-electron chi connectivity index (χ2n) is 8.03. The molecule has 2 aromatic rings. The number of unbranched alkanes of at least 4 members (excludes halogenated alkanes) is 1. The molecule has 0 atom stereocenters. The molecule has 3 amide bonds. The van der Waals surface area contributed by atoms with Crippen LogP contribution in [0, 0.1) is 0 Å². The Morgan fingerprint density at radius 3 is 2.45 bits per heavy atom. The van der Waals surface area contributed by atoms with Gasteiger partial charge in [-0.15, -0.1) is 0 Å². The maximum atomic E-state index is 13.3. The number of carbonyl (C=O) groups excluding carboxylic acids is 2. The summed E-state index contributed by atoms with van der Waals surface area (Å²) in [6.07, 6.45) is 4.65. The first-order valence-corrected chi connectivity index (χ1v) is 12.5. The Labute approximate surface area is 206 Å². The van der Waals surface area contributed by atoms with E-state index in [0.29, 0.717) is 39.2 Å². The minimum absolute atomic E-state index is 0.0384. The molecule has 0 bridgehead atoms. The van der Waals surface area contributed by atoms with E-state index in [2.05, 4.69) is 50.9 Å². The number of rotatable bonds is 14. The summed E-state index contributed by atoms with van der Waals surface area (Å²) in [5.41, 5.74) is 2.27. The van der Waals surface area contributed by atoms with Crippen molar-refractivity contribution in [3.63, 3.8) is 0 Å². The Hall–Kier alpha value is -2.32.